The number of hydrogen-bond donors (Lipinski definition) is 4. The fourth-order valence-electron chi connectivity index (χ4n) is 1.82. The predicted octanol–water partition coefficient (Wildman–Crippen LogP) is -0.0379. The first kappa shape index (κ1) is 17.3. The molecule has 0 saturated heterocycles. The second kappa shape index (κ2) is 8.50. The number of primary amides is 1. The Hall–Kier alpha value is -2.77. The number of rotatable bonds is 6. The van der Waals surface area contributed by atoms with E-state index >= 15 is 0 Å². The minimum Gasteiger partial charge on any atom is -0.372 e. The Bertz CT molecular complexity index is 526. The van der Waals surface area contributed by atoms with E-state index < -0.39 is 17.8 Å². The van der Waals surface area contributed by atoms with Crippen molar-refractivity contribution in [3.05, 3.63) is 29.8 Å². The van der Waals surface area contributed by atoms with Crippen LogP contribution in [0.5, 0.6) is 0 Å². The van der Waals surface area contributed by atoms with Gasteiger partial charge in [-0.1, -0.05) is 0 Å². The van der Waals surface area contributed by atoms with Crippen molar-refractivity contribution in [3.63, 3.8) is 0 Å². The second-order valence-electron chi connectivity index (χ2n) is 4.44. The van der Waals surface area contributed by atoms with Crippen molar-refractivity contribution < 1.29 is 14.4 Å². The second-order valence-corrected chi connectivity index (χ2v) is 4.44. The molecular weight excluding hydrogens is 286 g/mol. The van der Waals surface area contributed by atoms with Gasteiger partial charge in [-0.2, -0.15) is 0 Å². The molecule has 0 aliphatic heterocycles. The Kier molecular flexibility index (Phi) is 6.68. The first-order chi connectivity index (χ1) is 10.5. The van der Waals surface area contributed by atoms with E-state index in [-0.39, 0.29) is 6.54 Å². The summed E-state index contributed by atoms with van der Waals surface area (Å²) in [4.78, 5) is 35.7. The van der Waals surface area contributed by atoms with E-state index in [1.807, 2.05) is 12.1 Å². The Morgan fingerprint density at radius 2 is 1.64 bits per heavy atom. The van der Waals surface area contributed by atoms with Gasteiger partial charge in [0, 0.05) is 24.3 Å². The number of urea groups is 1. The average Bonchev–Trinajstić information content (AvgIpc) is 2.52. The van der Waals surface area contributed by atoms with Gasteiger partial charge in [0.2, 0.25) is 0 Å². The highest BCUT2D eigenvalue weighted by Gasteiger charge is 2.09. The van der Waals surface area contributed by atoms with Crippen molar-refractivity contribution in [2.45, 2.75) is 13.8 Å². The zero-order chi connectivity index (χ0) is 16.5. The molecule has 0 bridgehead atoms. The molecule has 0 aromatic heterocycles. The van der Waals surface area contributed by atoms with Crippen LogP contribution in [0.1, 0.15) is 24.2 Å². The molecule has 8 nitrogen and oxygen atoms in total. The van der Waals surface area contributed by atoms with E-state index in [9.17, 15) is 14.4 Å². The van der Waals surface area contributed by atoms with E-state index in [2.05, 4.69) is 34.9 Å². The van der Waals surface area contributed by atoms with Gasteiger partial charge in [0.05, 0.1) is 0 Å². The molecule has 0 aliphatic rings. The van der Waals surface area contributed by atoms with Crippen LogP contribution in [0.25, 0.3) is 0 Å². The molecule has 0 saturated carbocycles. The molecule has 0 aliphatic carbocycles. The van der Waals surface area contributed by atoms with Crippen LogP contribution in [0, 0.1) is 0 Å². The number of carbonyl (C=O) groups is 3. The van der Waals surface area contributed by atoms with Gasteiger partial charge in [0.1, 0.15) is 6.54 Å². The zero-order valence-corrected chi connectivity index (χ0v) is 12.7. The number of hydrazine groups is 1. The highest BCUT2D eigenvalue weighted by atomic mass is 16.2. The summed E-state index contributed by atoms with van der Waals surface area (Å²) in [6, 6.07) is 6.23. The molecule has 0 fully saturated rings. The maximum Gasteiger partial charge on any atom is 0.312 e. The van der Waals surface area contributed by atoms with Crippen LogP contribution >= 0.6 is 0 Å². The fourth-order valence-corrected chi connectivity index (χ4v) is 1.82. The van der Waals surface area contributed by atoms with Crippen molar-refractivity contribution in [2.24, 2.45) is 5.73 Å². The smallest absolute Gasteiger partial charge is 0.312 e. The minimum atomic E-state index is -0.812. The summed E-state index contributed by atoms with van der Waals surface area (Å²) in [5, 5.41) is 2.11. The predicted molar refractivity (Wildman–Crippen MR) is 83.2 cm³/mol. The Labute approximate surface area is 129 Å². The van der Waals surface area contributed by atoms with Crippen molar-refractivity contribution in [2.75, 3.05) is 24.5 Å². The highest BCUT2D eigenvalue weighted by molar-refractivity contribution is 5.96. The third-order valence-corrected chi connectivity index (χ3v) is 3.00. The average molecular weight is 307 g/mol. The number of nitrogens with zero attached hydrogens (tertiary/aromatic N) is 1. The highest BCUT2D eigenvalue weighted by Crippen LogP contribution is 2.14. The maximum atomic E-state index is 11.9. The number of benzene rings is 1. The standard InChI is InChI=1S/C14H21N5O3/c1-3-19(4-2)11-7-5-10(6-8-11)13(21)18-17-12(20)9-16-14(15)22/h5-8H,3-4,9H2,1-2H3,(H,17,20)(H,18,21)(H3,15,16,22). The first-order valence-electron chi connectivity index (χ1n) is 6.95. The van der Waals surface area contributed by atoms with Crippen LogP contribution in [-0.4, -0.2) is 37.5 Å². The van der Waals surface area contributed by atoms with E-state index in [1.54, 1.807) is 12.1 Å². The van der Waals surface area contributed by atoms with E-state index in [0.29, 0.717) is 5.56 Å². The summed E-state index contributed by atoms with van der Waals surface area (Å²) in [6.07, 6.45) is 0. The van der Waals surface area contributed by atoms with Gasteiger partial charge >= 0.3 is 6.03 Å². The maximum absolute atomic E-state index is 11.9. The summed E-state index contributed by atoms with van der Waals surface area (Å²) in [7, 11) is 0. The van der Waals surface area contributed by atoms with Crippen LogP contribution < -0.4 is 26.8 Å². The van der Waals surface area contributed by atoms with Gasteiger partial charge < -0.3 is 16.0 Å². The Balaban J connectivity index is 2.52. The SMILES string of the molecule is CCN(CC)c1ccc(C(=O)NNC(=O)CNC(N)=O)cc1. The van der Waals surface area contributed by atoms with Crippen molar-refractivity contribution >= 4 is 23.5 Å². The molecule has 120 valence electrons. The van der Waals surface area contributed by atoms with Crippen molar-refractivity contribution in [1.82, 2.24) is 16.2 Å². The fraction of sp³-hybridized carbons (Fsp3) is 0.357. The lowest BCUT2D eigenvalue weighted by atomic mass is 10.2. The summed E-state index contributed by atoms with van der Waals surface area (Å²) in [5.74, 6) is -1.02. The van der Waals surface area contributed by atoms with Gasteiger partial charge in [-0.05, 0) is 38.1 Å². The molecule has 22 heavy (non-hydrogen) atoms. The molecule has 0 heterocycles. The summed E-state index contributed by atoms with van der Waals surface area (Å²) in [6.45, 7) is 5.56. The zero-order valence-electron chi connectivity index (χ0n) is 12.7. The lowest BCUT2D eigenvalue weighted by Gasteiger charge is -2.21. The third kappa shape index (κ3) is 5.31. The van der Waals surface area contributed by atoms with Crippen molar-refractivity contribution in [3.8, 4) is 0 Å². The summed E-state index contributed by atoms with van der Waals surface area (Å²) < 4.78 is 0. The van der Waals surface area contributed by atoms with Crippen LogP contribution in [0.4, 0.5) is 10.5 Å². The molecule has 0 spiro atoms. The number of amides is 4. The third-order valence-electron chi connectivity index (χ3n) is 3.00. The molecule has 1 aromatic rings. The van der Waals surface area contributed by atoms with Gasteiger partial charge in [-0.15, -0.1) is 0 Å². The van der Waals surface area contributed by atoms with Crippen molar-refractivity contribution in [1.29, 1.82) is 0 Å². The topological polar surface area (TPSA) is 117 Å². The number of nitrogens with one attached hydrogen (secondary N) is 3. The monoisotopic (exact) mass is 307 g/mol. The molecule has 0 unspecified atom stereocenters. The molecule has 5 N–H and O–H groups in total. The first-order valence-corrected chi connectivity index (χ1v) is 6.95. The molecule has 0 radical (unpaired) electrons. The summed E-state index contributed by atoms with van der Waals surface area (Å²) >= 11 is 0. The lowest BCUT2D eigenvalue weighted by Crippen LogP contribution is -2.47. The van der Waals surface area contributed by atoms with Gasteiger partial charge in [0.25, 0.3) is 11.8 Å². The number of nitrogens with two attached hydrogens (primary N) is 1. The number of carbonyl (C=O) groups excluding carboxylic acids is 3. The van der Waals surface area contributed by atoms with E-state index in [0.717, 1.165) is 18.8 Å². The lowest BCUT2D eigenvalue weighted by molar-refractivity contribution is -0.120. The van der Waals surface area contributed by atoms with Crippen LogP contribution in [0.3, 0.4) is 0 Å². The van der Waals surface area contributed by atoms with Gasteiger partial charge in [0.15, 0.2) is 0 Å². The minimum absolute atomic E-state index is 0.309. The molecule has 1 aromatic carbocycles. The molecule has 8 heteroatoms. The van der Waals surface area contributed by atoms with E-state index in [4.69, 9.17) is 5.73 Å². The van der Waals surface area contributed by atoms with Crippen LogP contribution in [0.2, 0.25) is 0 Å². The number of anilines is 1. The quantitative estimate of drug-likeness (QED) is 0.552. The Morgan fingerprint density at radius 3 is 2.14 bits per heavy atom. The van der Waals surface area contributed by atoms with Gasteiger partial charge in [-0.3, -0.25) is 20.4 Å². The van der Waals surface area contributed by atoms with E-state index in [1.165, 1.54) is 0 Å². The normalized spacial score (nSPS) is 9.73. The summed E-state index contributed by atoms with van der Waals surface area (Å²) in [5.41, 5.74) is 10.7. The number of hydrogen-bond acceptors (Lipinski definition) is 4. The molecular formula is C14H21N5O3. The largest absolute Gasteiger partial charge is 0.372 e. The molecule has 1 rings (SSSR count). The molecule has 0 atom stereocenters. The Morgan fingerprint density at radius 1 is 1.05 bits per heavy atom. The van der Waals surface area contributed by atoms with Crippen LogP contribution in [0.15, 0.2) is 24.3 Å². The van der Waals surface area contributed by atoms with Crippen LogP contribution in [-0.2, 0) is 4.79 Å². The van der Waals surface area contributed by atoms with Gasteiger partial charge in [-0.25, -0.2) is 4.79 Å². The molecule has 4 amide bonds.